The number of thiophene rings is 1. The largest absolute Gasteiger partial charge is 0.397 e. The maximum atomic E-state index is 12.8. The van der Waals surface area contributed by atoms with E-state index in [1.807, 2.05) is 12.1 Å². The zero-order valence-corrected chi connectivity index (χ0v) is 10.7. The van der Waals surface area contributed by atoms with Gasteiger partial charge in [-0.3, -0.25) is 0 Å². The van der Waals surface area contributed by atoms with E-state index in [-0.39, 0.29) is 5.82 Å². The number of benzene rings is 1. The standard InChI is InChI=1S/C11H10BrFN2S/c12-11-4-2-8(16-11)6-15-10-3-1-7(13)5-9(10)14/h1-5,15H,6,14H2. The molecule has 0 aliphatic carbocycles. The maximum Gasteiger partial charge on any atom is 0.125 e. The van der Waals surface area contributed by atoms with Crippen molar-refractivity contribution in [1.82, 2.24) is 0 Å². The number of nitrogens with two attached hydrogens (primary N) is 1. The van der Waals surface area contributed by atoms with Gasteiger partial charge in [-0.2, -0.15) is 0 Å². The molecule has 0 radical (unpaired) electrons. The fraction of sp³-hybridized carbons (Fsp3) is 0.0909. The second kappa shape index (κ2) is 4.84. The molecule has 0 bridgehead atoms. The lowest BCUT2D eigenvalue weighted by atomic mass is 10.2. The molecule has 84 valence electrons. The molecule has 0 fully saturated rings. The highest BCUT2D eigenvalue weighted by molar-refractivity contribution is 9.11. The number of hydrogen-bond acceptors (Lipinski definition) is 3. The van der Waals surface area contributed by atoms with Crippen LogP contribution in [0.3, 0.4) is 0 Å². The number of halogens is 2. The fourth-order valence-corrected chi connectivity index (χ4v) is 2.75. The number of hydrogen-bond donors (Lipinski definition) is 2. The van der Waals surface area contributed by atoms with Crippen LogP contribution in [0.1, 0.15) is 4.88 Å². The molecule has 16 heavy (non-hydrogen) atoms. The molecule has 2 nitrogen and oxygen atoms in total. The molecule has 3 N–H and O–H groups in total. The first-order valence-electron chi connectivity index (χ1n) is 4.68. The summed E-state index contributed by atoms with van der Waals surface area (Å²) in [6, 6.07) is 8.38. The van der Waals surface area contributed by atoms with Gasteiger partial charge in [-0.25, -0.2) is 4.39 Å². The van der Waals surface area contributed by atoms with Crippen LogP contribution in [0.25, 0.3) is 0 Å². The monoisotopic (exact) mass is 300 g/mol. The molecule has 2 aromatic rings. The predicted octanol–water partition coefficient (Wildman–Crippen LogP) is 3.84. The molecule has 0 aliphatic heterocycles. The van der Waals surface area contributed by atoms with Crippen LogP contribution in [0.4, 0.5) is 15.8 Å². The lowest BCUT2D eigenvalue weighted by molar-refractivity contribution is 0.628. The summed E-state index contributed by atoms with van der Waals surface area (Å²) < 4.78 is 13.9. The van der Waals surface area contributed by atoms with Gasteiger partial charge in [0.1, 0.15) is 5.82 Å². The molecule has 0 saturated heterocycles. The maximum absolute atomic E-state index is 12.8. The summed E-state index contributed by atoms with van der Waals surface area (Å²) in [7, 11) is 0. The van der Waals surface area contributed by atoms with Crippen LogP contribution < -0.4 is 11.1 Å². The van der Waals surface area contributed by atoms with Gasteiger partial charge in [0.05, 0.1) is 15.2 Å². The Morgan fingerprint density at radius 2 is 2.12 bits per heavy atom. The Morgan fingerprint density at radius 1 is 1.31 bits per heavy atom. The summed E-state index contributed by atoms with van der Waals surface area (Å²) in [5, 5.41) is 3.17. The zero-order chi connectivity index (χ0) is 11.5. The summed E-state index contributed by atoms with van der Waals surface area (Å²) >= 11 is 5.05. The van der Waals surface area contributed by atoms with Crippen molar-refractivity contribution >= 4 is 38.6 Å². The van der Waals surface area contributed by atoms with Crippen molar-refractivity contribution in [2.75, 3.05) is 11.1 Å². The van der Waals surface area contributed by atoms with E-state index in [0.29, 0.717) is 12.2 Å². The molecule has 0 spiro atoms. The second-order valence-corrected chi connectivity index (χ2v) is 5.84. The molecule has 0 aliphatic rings. The first-order chi connectivity index (χ1) is 7.65. The van der Waals surface area contributed by atoms with Crippen LogP contribution in [-0.4, -0.2) is 0 Å². The van der Waals surface area contributed by atoms with Crippen LogP contribution >= 0.6 is 27.3 Å². The second-order valence-electron chi connectivity index (χ2n) is 3.29. The molecule has 5 heteroatoms. The van der Waals surface area contributed by atoms with E-state index in [1.54, 1.807) is 17.4 Å². The van der Waals surface area contributed by atoms with Crippen molar-refractivity contribution in [2.24, 2.45) is 0 Å². The average molecular weight is 301 g/mol. The summed E-state index contributed by atoms with van der Waals surface area (Å²) in [5.74, 6) is -0.318. The number of nitrogen functional groups attached to an aromatic ring is 1. The van der Waals surface area contributed by atoms with Crippen molar-refractivity contribution in [3.05, 3.63) is 44.8 Å². The number of nitrogens with one attached hydrogen (secondary N) is 1. The van der Waals surface area contributed by atoms with E-state index < -0.39 is 0 Å². The summed E-state index contributed by atoms with van der Waals surface area (Å²) in [4.78, 5) is 1.19. The normalized spacial score (nSPS) is 10.4. The molecular weight excluding hydrogens is 291 g/mol. The van der Waals surface area contributed by atoms with Gasteiger partial charge >= 0.3 is 0 Å². The molecule has 1 aromatic carbocycles. The summed E-state index contributed by atoms with van der Waals surface area (Å²) in [5.41, 5.74) is 6.86. The van der Waals surface area contributed by atoms with E-state index >= 15 is 0 Å². The van der Waals surface area contributed by atoms with Crippen LogP contribution in [0.2, 0.25) is 0 Å². The van der Waals surface area contributed by atoms with E-state index in [4.69, 9.17) is 5.73 Å². The van der Waals surface area contributed by atoms with Crippen molar-refractivity contribution in [3.63, 3.8) is 0 Å². The van der Waals surface area contributed by atoms with Gasteiger partial charge in [-0.1, -0.05) is 0 Å². The first kappa shape index (κ1) is 11.4. The smallest absolute Gasteiger partial charge is 0.125 e. The Bertz CT molecular complexity index is 498. The minimum Gasteiger partial charge on any atom is -0.397 e. The highest BCUT2D eigenvalue weighted by Gasteiger charge is 2.01. The molecule has 0 amide bonds. The highest BCUT2D eigenvalue weighted by atomic mass is 79.9. The Kier molecular flexibility index (Phi) is 3.46. The van der Waals surface area contributed by atoms with Crippen LogP contribution in [0.5, 0.6) is 0 Å². The van der Waals surface area contributed by atoms with E-state index in [0.717, 1.165) is 9.47 Å². The lowest BCUT2D eigenvalue weighted by Crippen LogP contribution is -2.01. The lowest BCUT2D eigenvalue weighted by Gasteiger charge is -2.07. The van der Waals surface area contributed by atoms with Gasteiger partial charge in [0, 0.05) is 11.4 Å². The molecule has 0 saturated carbocycles. The first-order valence-corrected chi connectivity index (χ1v) is 6.29. The Labute approximate surface area is 105 Å². The van der Waals surface area contributed by atoms with Gasteiger partial charge in [-0.05, 0) is 46.3 Å². The molecule has 0 atom stereocenters. The zero-order valence-electron chi connectivity index (χ0n) is 8.34. The van der Waals surface area contributed by atoms with Crippen molar-refractivity contribution in [3.8, 4) is 0 Å². The Morgan fingerprint density at radius 3 is 2.75 bits per heavy atom. The molecule has 1 aromatic heterocycles. The van der Waals surface area contributed by atoms with Gasteiger partial charge < -0.3 is 11.1 Å². The van der Waals surface area contributed by atoms with Crippen LogP contribution in [0.15, 0.2) is 34.1 Å². The Hall–Kier alpha value is -1.07. The molecule has 0 unspecified atom stereocenters. The minimum absolute atomic E-state index is 0.318. The van der Waals surface area contributed by atoms with Gasteiger partial charge in [0.2, 0.25) is 0 Å². The van der Waals surface area contributed by atoms with Crippen LogP contribution in [-0.2, 0) is 6.54 Å². The fourth-order valence-electron chi connectivity index (χ4n) is 1.32. The Balaban J connectivity index is 2.04. The predicted molar refractivity (Wildman–Crippen MR) is 70.2 cm³/mol. The van der Waals surface area contributed by atoms with Gasteiger partial charge in [0.15, 0.2) is 0 Å². The quantitative estimate of drug-likeness (QED) is 0.845. The topological polar surface area (TPSA) is 38.0 Å². The number of rotatable bonds is 3. The molecule has 1 heterocycles. The third kappa shape index (κ3) is 2.74. The van der Waals surface area contributed by atoms with Crippen LogP contribution in [0, 0.1) is 5.82 Å². The van der Waals surface area contributed by atoms with Crippen molar-refractivity contribution < 1.29 is 4.39 Å². The summed E-state index contributed by atoms with van der Waals surface area (Å²) in [6.45, 7) is 0.687. The number of anilines is 2. The minimum atomic E-state index is -0.318. The molecular formula is C11H10BrFN2S. The van der Waals surface area contributed by atoms with Crippen molar-refractivity contribution in [2.45, 2.75) is 6.54 Å². The average Bonchev–Trinajstić information content (AvgIpc) is 2.63. The van der Waals surface area contributed by atoms with E-state index in [9.17, 15) is 4.39 Å². The molecule has 2 rings (SSSR count). The third-order valence-electron chi connectivity index (χ3n) is 2.10. The van der Waals surface area contributed by atoms with E-state index in [1.165, 1.54) is 17.0 Å². The third-order valence-corrected chi connectivity index (χ3v) is 3.72. The SMILES string of the molecule is Nc1cc(F)ccc1NCc1ccc(Br)s1. The van der Waals surface area contributed by atoms with Gasteiger partial charge in [0.25, 0.3) is 0 Å². The van der Waals surface area contributed by atoms with E-state index in [2.05, 4.69) is 21.2 Å². The summed E-state index contributed by atoms with van der Waals surface area (Å²) in [6.07, 6.45) is 0. The van der Waals surface area contributed by atoms with Gasteiger partial charge in [-0.15, -0.1) is 11.3 Å². The highest BCUT2D eigenvalue weighted by Crippen LogP contribution is 2.24. The van der Waals surface area contributed by atoms with Crippen molar-refractivity contribution in [1.29, 1.82) is 0 Å².